The number of hydrogen-bond acceptors (Lipinski definition) is 3. The van der Waals surface area contributed by atoms with Gasteiger partial charge in [-0.05, 0) is 26.2 Å². The average Bonchev–Trinajstić information content (AvgIpc) is 2.51. The van der Waals surface area contributed by atoms with Gasteiger partial charge in [0.1, 0.15) is 0 Å². The first-order valence-electron chi connectivity index (χ1n) is 4.73. The predicted octanol–water partition coefficient (Wildman–Crippen LogP) is 0.0173. The van der Waals surface area contributed by atoms with E-state index in [0.717, 1.165) is 19.3 Å². The van der Waals surface area contributed by atoms with Crippen molar-refractivity contribution in [2.45, 2.75) is 44.4 Å². The summed E-state index contributed by atoms with van der Waals surface area (Å²) in [7, 11) is 1.71. The molecule has 1 amide bonds. The molecule has 1 aliphatic carbocycles. The zero-order valence-electron chi connectivity index (χ0n) is 8.25. The molecule has 0 aromatic rings. The van der Waals surface area contributed by atoms with Gasteiger partial charge in [0.25, 0.3) is 0 Å². The first kappa shape index (κ1) is 10.5. The van der Waals surface area contributed by atoms with E-state index in [1.165, 1.54) is 0 Å². The van der Waals surface area contributed by atoms with Crippen molar-refractivity contribution in [3.8, 4) is 0 Å². The van der Waals surface area contributed by atoms with Gasteiger partial charge in [0.2, 0.25) is 5.91 Å². The monoisotopic (exact) mass is 186 g/mol. The largest absolute Gasteiger partial charge is 0.380 e. The molecule has 0 heterocycles. The molecule has 4 heteroatoms. The van der Waals surface area contributed by atoms with E-state index in [1.54, 1.807) is 14.0 Å². The molecule has 3 atom stereocenters. The minimum absolute atomic E-state index is 0.238. The number of amides is 1. The molecule has 76 valence electrons. The lowest BCUT2D eigenvalue weighted by atomic mass is 10.2. The molecule has 0 aromatic carbocycles. The molecule has 3 unspecified atom stereocenters. The second kappa shape index (κ2) is 4.58. The predicted molar refractivity (Wildman–Crippen MR) is 50.2 cm³/mol. The van der Waals surface area contributed by atoms with E-state index >= 15 is 0 Å². The second-order valence-electron chi connectivity index (χ2n) is 3.60. The number of nitrogens with two attached hydrogens (primary N) is 1. The van der Waals surface area contributed by atoms with Crippen LogP contribution in [-0.4, -0.2) is 31.2 Å². The minimum Gasteiger partial charge on any atom is -0.380 e. The van der Waals surface area contributed by atoms with Gasteiger partial charge in [-0.2, -0.15) is 0 Å². The zero-order chi connectivity index (χ0) is 9.84. The normalized spacial score (nSPS) is 30.3. The van der Waals surface area contributed by atoms with Crippen molar-refractivity contribution in [3.63, 3.8) is 0 Å². The van der Waals surface area contributed by atoms with Crippen LogP contribution in [0.4, 0.5) is 0 Å². The third-order valence-electron chi connectivity index (χ3n) is 2.65. The van der Waals surface area contributed by atoms with Gasteiger partial charge in [-0.25, -0.2) is 0 Å². The highest BCUT2D eigenvalue weighted by molar-refractivity contribution is 5.79. The molecule has 1 rings (SSSR count). The van der Waals surface area contributed by atoms with Crippen LogP contribution in [0.25, 0.3) is 0 Å². The number of ether oxygens (including phenoxy) is 1. The highest BCUT2D eigenvalue weighted by Gasteiger charge is 2.28. The molecule has 0 bridgehead atoms. The Morgan fingerprint density at radius 3 is 2.85 bits per heavy atom. The Labute approximate surface area is 78.8 Å². The standard InChI is InChI=1S/C9H18N2O2/c1-6(9(10)12)11-7-4-3-5-8(7)13-2/h6-8,11H,3-5H2,1-2H3,(H2,10,12). The molecular weight excluding hydrogens is 168 g/mol. The Morgan fingerprint density at radius 1 is 1.62 bits per heavy atom. The number of methoxy groups -OCH3 is 1. The lowest BCUT2D eigenvalue weighted by Gasteiger charge is -2.22. The second-order valence-corrected chi connectivity index (χ2v) is 3.60. The van der Waals surface area contributed by atoms with Crippen LogP contribution in [0.15, 0.2) is 0 Å². The Hall–Kier alpha value is -0.610. The Kier molecular flexibility index (Phi) is 3.69. The summed E-state index contributed by atoms with van der Waals surface area (Å²) in [6.45, 7) is 1.79. The molecule has 0 saturated heterocycles. The van der Waals surface area contributed by atoms with E-state index in [4.69, 9.17) is 10.5 Å². The number of nitrogens with one attached hydrogen (secondary N) is 1. The molecule has 13 heavy (non-hydrogen) atoms. The minimum atomic E-state index is -0.304. The molecule has 0 radical (unpaired) electrons. The molecule has 3 N–H and O–H groups in total. The van der Waals surface area contributed by atoms with Crippen molar-refractivity contribution in [2.24, 2.45) is 5.73 Å². The fraction of sp³-hybridized carbons (Fsp3) is 0.889. The van der Waals surface area contributed by atoms with Gasteiger partial charge in [0.05, 0.1) is 12.1 Å². The quantitative estimate of drug-likeness (QED) is 0.650. The van der Waals surface area contributed by atoms with E-state index < -0.39 is 0 Å². The van der Waals surface area contributed by atoms with Crippen molar-refractivity contribution < 1.29 is 9.53 Å². The summed E-state index contributed by atoms with van der Waals surface area (Å²) in [4.78, 5) is 10.8. The third kappa shape index (κ3) is 2.67. The maximum absolute atomic E-state index is 10.8. The lowest BCUT2D eigenvalue weighted by Crippen LogP contribution is -2.47. The summed E-state index contributed by atoms with van der Waals surface area (Å²) in [5.41, 5.74) is 5.16. The summed E-state index contributed by atoms with van der Waals surface area (Å²) in [6.07, 6.45) is 3.53. The van der Waals surface area contributed by atoms with E-state index in [9.17, 15) is 4.79 Å². The molecule has 0 aliphatic heterocycles. The van der Waals surface area contributed by atoms with Gasteiger partial charge in [0.15, 0.2) is 0 Å². The zero-order valence-corrected chi connectivity index (χ0v) is 8.25. The van der Waals surface area contributed by atoms with Crippen molar-refractivity contribution in [1.82, 2.24) is 5.32 Å². The van der Waals surface area contributed by atoms with Gasteiger partial charge in [-0.1, -0.05) is 0 Å². The fourth-order valence-corrected chi connectivity index (χ4v) is 1.80. The fourth-order valence-electron chi connectivity index (χ4n) is 1.80. The van der Waals surface area contributed by atoms with E-state index in [1.807, 2.05) is 0 Å². The first-order chi connectivity index (χ1) is 6.15. The van der Waals surface area contributed by atoms with Crippen molar-refractivity contribution in [2.75, 3.05) is 7.11 Å². The first-order valence-corrected chi connectivity index (χ1v) is 4.73. The Balaban J connectivity index is 2.39. The van der Waals surface area contributed by atoms with Crippen LogP contribution in [-0.2, 0) is 9.53 Å². The van der Waals surface area contributed by atoms with Crippen LogP contribution in [0.2, 0.25) is 0 Å². The summed E-state index contributed by atoms with van der Waals surface area (Å²) in [6, 6.07) is 0.0215. The van der Waals surface area contributed by atoms with Gasteiger partial charge >= 0.3 is 0 Å². The van der Waals surface area contributed by atoms with Crippen molar-refractivity contribution >= 4 is 5.91 Å². The van der Waals surface area contributed by atoms with Crippen LogP contribution in [0.1, 0.15) is 26.2 Å². The van der Waals surface area contributed by atoms with Crippen molar-refractivity contribution in [1.29, 1.82) is 0 Å². The average molecular weight is 186 g/mol. The van der Waals surface area contributed by atoms with Gasteiger partial charge < -0.3 is 15.8 Å². The number of rotatable bonds is 4. The number of primary amides is 1. The lowest BCUT2D eigenvalue weighted by molar-refractivity contribution is -0.120. The summed E-state index contributed by atoms with van der Waals surface area (Å²) < 4.78 is 5.29. The highest BCUT2D eigenvalue weighted by Crippen LogP contribution is 2.21. The molecule has 1 saturated carbocycles. The van der Waals surface area contributed by atoms with Crippen LogP contribution < -0.4 is 11.1 Å². The summed E-state index contributed by atoms with van der Waals surface area (Å²) in [5, 5.41) is 3.18. The maximum atomic E-state index is 10.8. The number of carbonyl (C=O) groups is 1. The van der Waals surface area contributed by atoms with Gasteiger partial charge in [-0.15, -0.1) is 0 Å². The maximum Gasteiger partial charge on any atom is 0.234 e. The third-order valence-corrected chi connectivity index (χ3v) is 2.65. The molecule has 0 aromatic heterocycles. The molecular formula is C9H18N2O2. The molecule has 1 aliphatic rings. The SMILES string of the molecule is COC1CCCC1NC(C)C(N)=O. The van der Waals surface area contributed by atoms with E-state index in [0.29, 0.717) is 0 Å². The number of carbonyl (C=O) groups excluding carboxylic acids is 1. The van der Waals surface area contributed by atoms with Crippen LogP contribution in [0, 0.1) is 0 Å². The van der Waals surface area contributed by atoms with Gasteiger partial charge in [-0.3, -0.25) is 4.79 Å². The van der Waals surface area contributed by atoms with E-state index in [-0.39, 0.29) is 24.1 Å². The highest BCUT2D eigenvalue weighted by atomic mass is 16.5. The number of hydrogen-bond donors (Lipinski definition) is 2. The topological polar surface area (TPSA) is 64.3 Å². The van der Waals surface area contributed by atoms with Crippen LogP contribution >= 0.6 is 0 Å². The van der Waals surface area contributed by atoms with Gasteiger partial charge in [0, 0.05) is 13.2 Å². The van der Waals surface area contributed by atoms with Crippen LogP contribution in [0.5, 0.6) is 0 Å². The van der Waals surface area contributed by atoms with Crippen molar-refractivity contribution in [3.05, 3.63) is 0 Å². The van der Waals surface area contributed by atoms with E-state index in [2.05, 4.69) is 5.32 Å². The van der Waals surface area contributed by atoms with Crippen LogP contribution in [0.3, 0.4) is 0 Å². The summed E-state index contributed by atoms with van der Waals surface area (Å²) in [5.74, 6) is -0.304. The smallest absolute Gasteiger partial charge is 0.234 e. The summed E-state index contributed by atoms with van der Waals surface area (Å²) >= 11 is 0. The Bertz CT molecular complexity index is 184. The molecule has 4 nitrogen and oxygen atoms in total. The Morgan fingerprint density at radius 2 is 2.31 bits per heavy atom. The molecule has 1 fully saturated rings. The molecule has 0 spiro atoms.